The minimum atomic E-state index is -1.56. The molecule has 0 amide bonds. The Morgan fingerprint density at radius 1 is 0.837 bits per heavy atom. The maximum Gasteiger partial charge on any atom is 0.303 e. The van der Waals surface area contributed by atoms with E-state index in [1.165, 1.54) is 18.2 Å². The summed E-state index contributed by atoms with van der Waals surface area (Å²) in [6.07, 6.45) is -7.99. The molecule has 2 N–H and O–H groups in total. The lowest BCUT2D eigenvalue weighted by atomic mass is 9.95. The van der Waals surface area contributed by atoms with Crippen molar-refractivity contribution in [3.8, 4) is 23.0 Å². The van der Waals surface area contributed by atoms with Crippen LogP contribution in [0.2, 0.25) is 0 Å². The number of phenols is 2. The van der Waals surface area contributed by atoms with E-state index in [2.05, 4.69) is 0 Å². The van der Waals surface area contributed by atoms with Gasteiger partial charge in [-0.25, -0.2) is 0 Å². The molecule has 0 bridgehead atoms. The first-order valence-electron chi connectivity index (χ1n) is 13.1. The van der Waals surface area contributed by atoms with Gasteiger partial charge in [0.15, 0.2) is 18.0 Å². The van der Waals surface area contributed by atoms with E-state index < -0.39 is 78.8 Å². The van der Waals surface area contributed by atoms with Crippen molar-refractivity contribution in [3.63, 3.8) is 0 Å². The third-order valence-electron chi connectivity index (χ3n) is 6.44. The van der Waals surface area contributed by atoms with Gasteiger partial charge in [0, 0.05) is 39.8 Å². The van der Waals surface area contributed by atoms with Crippen molar-refractivity contribution in [2.24, 2.45) is 0 Å². The second-order valence-corrected chi connectivity index (χ2v) is 9.83. The number of rotatable bonds is 8. The number of ketones is 1. The number of aromatic hydroxyl groups is 2. The standard InChI is InChI=1S/C29H30O14/c1-13(30)37-12-24-26(38-14(2)31)27(39-15(3)32)28(40-16(4)33)29(43-24)41-19-9-20(35)25-21(36)11-22(42-23(25)10-19)17-5-7-18(34)8-6-17/h5-10,22,24,26-29,34-35H,11-12H2,1-4H3/t22?,24?,26-,27?,28?,29-/m1/s1. The molecule has 2 aliphatic heterocycles. The summed E-state index contributed by atoms with van der Waals surface area (Å²) in [5.74, 6) is -4.07. The smallest absolute Gasteiger partial charge is 0.303 e. The normalized spacial score (nSPS) is 24.5. The molecule has 0 saturated carbocycles. The molecule has 0 spiro atoms. The topological polar surface area (TPSA) is 190 Å². The predicted octanol–water partition coefficient (Wildman–Crippen LogP) is 2.27. The third-order valence-corrected chi connectivity index (χ3v) is 6.44. The largest absolute Gasteiger partial charge is 0.508 e. The highest BCUT2D eigenvalue weighted by atomic mass is 16.7. The van der Waals surface area contributed by atoms with Crippen LogP contribution in [0, 0.1) is 0 Å². The summed E-state index contributed by atoms with van der Waals surface area (Å²) in [4.78, 5) is 60.5. The fourth-order valence-corrected chi connectivity index (χ4v) is 4.78. The SMILES string of the molecule is CC(=O)OCC1O[C@@H](Oc2cc(O)c3c(c2)OC(c2ccc(O)cc2)CC3=O)C(OC(C)=O)C(OC(C)=O)[C@@H]1OC(C)=O. The van der Waals surface area contributed by atoms with Crippen molar-refractivity contribution in [2.45, 2.75) is 70.9 Å². The summed E-state index contributed by atoms with van der Waals surface area (Å²) in [6.45, 7) is 3.95. The molecule has 2 heterocycles. The first-order chi connectivity index (χ1) is 20.3. The summed E-state index contributed by atoms with van der Waals surface area (Å²) >= 11 is 0. The molecule has 0 radical (unpaired) electrons. The van der Waals surface area contributed by atoms with Crippen LogP contribution in [0.15, 0.2) is 36.4 Å². The monoisotopic (exact) mass is 602 g/mol. The number of hydrogen-bond acceptors (Lipinski definition) is 14. The van der Waals surface area contributed by atoms with Crippen LogP contribution in [0.4, 0.5) is 0 Å². The van der Waals surface area contributed by atoms with Gasteiger partial charge in [-0.3, -0.25) is 24.0 Å². The van der Waals surface area contributed by atoms with Crippen LogP contribution in [0.3, 0.4) is 0 Å². The highest BCUT2D eigenvalue weighted by Crippen LogP contribution is 2.43. The summed E-state index contributed by atoms with van der Waals surface area (Å²) in [7, 11) is 0. The second kappa shape index (κ2) is 13.0. The average Bonchev–Trinajstić information content (AvgIpc) is 2.90. The third kappa shape index (κ3) is 7.52. The predicted molar refractivity (Wildman–Crippen MR) is 141 cm³/mol. The van der Waals surface area contributed by atoms with E-state index in [0.29, 0.717) is 5.56 Å². The Kier molecular flexibility index (Phi) is 9.39. The Balaban J connectivity index is 1.70. The van der Waals surface area contributed by atoms with E-state index in [0.717, 1.165) is 33.8 Å². The Bertz CT molecular complexity index is 1400. The van der Waals surface area contributed by atoms with Crippen molar-refractivity contribution < 1.29 is 67.3 Å². The molecule has 4 unspecified atom stereocenters. The molecule has 2 aromatic rings. The van der Waals surface area contributed by atoms with Crippen LogP contribution in [-0.4, -0.2) is 77.2 Å². The minimum Gasteiger partial charge on any atom is -0.508 e. The highest BCUT2D eigenvalue weighted by molar-refractivity contribution is 6.02. The number of carbonyl (C=O) groups excluding carboxylic acids is 5. The van der Waals surface area contributed by atoms with Crippen LogP contribution in [0.25, 0.3) is 0 Å². The van der Waals surface area contributed by atoms with Crippen molar-refractivity contribution in [1.82, 2.24) is 0 Å². The summed E-state index contributed by atoms with van der Waals surface area (Å²) in [6, 6.07) is 8.51. The van der Waals surface area contributed by atoms with E-state index >= 15 is 0 Å². The molecule has 1 saturated heterocycles. The quantitative estimate of drug-likeness (QED) is 0.330. The van der Waals surface area contributed by atoms with Gasteiger partial charge in [0.05, 0.1) is 6.42 Å². The van der Waals surface area contributed by atoms with Crippen LogP contribution in [0.1, 0.15) is 56.1 Å². The van der Waals surface area contributed by atoms with Gasteiger partial charge in [0.25, 0.3) is 0 Å². The first kappa shape index (κ1) is 31.1. The Hall–Kier alpha value is -4.85. The second-order valence-electron chi connectivity index (χ2n) is 9.83. The highest BCUT2D eigenvalue weighted by Gasteiger charge is 2.53. The molecule has 0 aromatic heterocycles. The number of Topliss-reactive ketones (excluding diaryl/α,β-unsaturated/α-hetero) is 1. The molecular weight excluding hydrogens is 572 g/mol. The molecule has 6 atom stereocenters. The Morgan fingerprint density at radius 2 is 1.44 bits per heavy atom. The van der Waals surface area contributed by atoms with E-state index in [1.54, 1.807) is 12.1 Å². The fraction of sp³-hybridized carbons (Fsp3) is 0.414. The molecule has 2 aliphatic rings. The van der Waals surface area contributed by atoms with Crippen LogP contribution in [0.5, 0.6) is 23.0 Å². The van der Waals surface area contributed by atoms with Crippen LogP contribution in [-0.2, 0) is 42.9 Å². The van der Waals surface area contributed by atoms with Crippen LogP contribution >= 0.6 is 0 Å². The average molecular weight is 603 g/mol. The molecule has 2 aromatic carbocycles. The number of hydrogen-bond donors (Lipinski definition) is 2. The number of esters is 4. The lowest BCUT2D eigenvalue weighted by molar-refractivity contribution is -0.288. The van der Waals surface area contributed by atoms with E-state index in [9.17, 15) is 34.2 Å². The molecule has 1 fully saturated rings. The van der Waals surface area contributed by atoms with E-state index in [4.69, 9.17) is 33.2 Å². The van der Waals surface area contributed by atoms with Crippen molar-refractivity contribution >= 4 is 29.7 Å². The molecule has 0 aliphatic carbocycles. The number of carbonyl (C=O) groups is 5. The fourth-order valence-electron chi connectivity index (χ4n) is 4.78. The van der Waals surface area contributed by atoms with Gasteiger partial charge in [0.1, 0.15) is 47.4 Å². The van der Waals surface area contributed by atoms with Crippen LogP contribution < -0.4 is 9.47 Å². The number of benzene rings is 2. The Morgan fingerprint density at radius 3 is 2.05 bits per heavy atom. The summed E-state index contributed by atoms with van der Waals surface area (Å²) < 4.78 is 39.0. The maximum absolute atomic E-state index is 12.9. The van der Waals surface area contributed by atoms with Crippen molar-refractivity contribution in [1.29, 1.82) is 0 Å². The van der Waals surface area contributed by atoms with Gasteiger partial charge in [-0.05, 0) is 17.7 Å². The minimum absolute atomic E-state index is 0.0186. The molecular formula is C29H30O14. The zero-order valence-electron chi connectivity index (χ0n) is 23.6. The number of fused-ring (bicyclic) bond motifs is 1. The van der Waals surface area contributed by atoms with Gasteiger partial charge in [0.2, 0.25) is 12.4 Å². The van der Waals surface area contributed by atoms with Gasteiger partial charge >= 0.3 is 23.9 Å². The van der Waals surface area contributed by atoms with Gasteiger partial charge in [-0.2, -0.15) is 0 Å². The molecule has 14 nitrogen and oxygen atoms in total. The number of ether oxygens (including phenoxy) is 7. The molecule has 4 rings (SSSR count). The zero-order valence-corrected chi connectivity index (χ0v) is 23.6. The molecule has 43 heavy (non-hydrogen) atoms. The van der Waals surface area contributed by atoms with Gasteiger partial charge in [-0.1, -0.05) is 12.1 Å². The maximum atomic E-state index is 12.9. The first-order valence-corrected chi connectivity index (χ1v) is 13.1. The summed E-state index contributed by atoms with van der Waals surface area (Å²) in [5.41, 5.74) is 0.520. The van der Waals surface area contributed by atoms with Gasteiger partial charge in [-0.15, -0.1) is 0 Å². The van der Waals surface area contributed by atoms with Crippen molar-refractivity contribution in [3.05, 3.63) is 47.5 Å². The Labute approximate surface area is 245 Å². The lowest BCUT2D eigenvalue weighted by Crippen LogP contribution is -2.63. The zero-order chi connectivity index (χ0) is 31.4. The molecule has 14 heteroatoms. The van der Waals surface area contributed by atoms with Crippen molar-refractivity contribution in [2.75, 3.05) is 6.61 Å². The van der Waals surface area contributed by atoms with Gasteiger partial charge < -0.3 is 43.4 Å². The lowest BCUT2D eigenvalue weighted by Gasteiger charge is -2.44. The van der Waals surface area contributed by atoms with E-state index in [1.807, 2.05) is 0 Å². The number of phenolic OH excluding ortho intramolecular Hbond substituents is 2. The molecule has 230 valence electrons. The summed E-state index contributed by atoms with van der Waals surface area (Å²) in [5, 5.41) is 20.3. The van der Waals surface area contributed by atoms with E-state index in [-0.39, 0.29) is 29.2 Å².